The van der Waals surface area contributed by atoms with E-state index in [2.05, 4.69) is 25.8 Å². The monoisotopic (exact) mass is 259 g/mol. The molecule has 1 fully saturated rings. The minimum atomic E-state index is -0.887. The number of rotatable bonds is 2. The van der Waals surface area contributed by atoms with Gasteiger partial charge in [0.05, 0.1) is 7.11 Å². The highest BCUT2D eigenvalue weighted by molar-refractivity contribution is 5.38. The van der Waals surface area contributed by atoms with E-state index >= 15 is 0 Å². The van der Waals surface area contributed by atoms with Gasteiger partial charge in [0.15, 0.2) is 0 Å². The van der Waals surface area contributed by atoms with E-state index in [0.717, 1.165) is 12.0 Å². The molecule has 1 aromatic heterocycles. The second-order valence-corrected chi connectivity index (χ2v) is 6.47. The summed E-state index contributed by atoms with van der Waals surface area (Å²) < 4.78 is 5.08. The molecule has 0 aromatic carbocycles. The van der Waals surface area contributed by atoms with Crippen LogP contribution in [0.4, 0.5) is 0 Å². The molecule has 2 bridgehead atoms. The zero-order chi connectivity index (χ0) is 13.8. The van der Waals surface area contributed by atoms with E-state index in [4.69, 9.17) is 4.74 Å². The Hall–Kier alpha value is -1.35. The van der Waals surface area contributed by atoms with Crippen molar-refractivity contribution in [1.82, 2.24) is 4.98 Å². The fourth-order valence-electron chi connectivity index (χ4n) is 4.02. The van der Waals surface area contributed by atoms with Gasteiger partial charge in [-0.15, -0.1) is 0 Å². The molecule has 4 rings (SSSR count). The fraction of sp³-hybridized carbons (Fsp3) is 0.562. The summed E-state index contributed by atoms with van der Waals surface area (Å²) in [4.78, 5) is 4.23. The number of fused-ring (bicyclic) bond motifs is 1. The maximum atomic E-state index is 11.2. The van der Waals surface area contributed by atoms with Crippen molar-refractivity contribution in [1.29, 1.82) is 0 Å². The van der Waals surface area contributed by atoms with Gasteiger partial charge >= 0.3 is 0 Å². The molecule has 0 spiro atoms. The molecule has 3 heteroatoms. The van der Waals surface area contributed by atoms with E-state index in [-0.39, 0.29) is 11.3 Å². The van der Waals surface area contributed by atoms with Crippen molar-refractivity contribution in [2.24, 2.45) is 17.3 Å². The molecule has 3 aliphatic carbocycles. The molecule has 3 nitrogen and oxygen atoms in total. The number of pyridine rings is 1. The molecule has 0 saturated heterocycles. The largest absolute Gasteiger partial charge is 0.481 e. The predicted molar refractivity (Wildman–Crippen MR) is 73.8 cm³/mol. The quantitative estimate of drug-likeness (QED) is 0.830. The average Bonchev–Trinajstić information content (AvgIpc) is 2.37. The van der Waals surface area contributed by atoms with E-state index in [1.165, 1.54) is 5.57 Å². The molecule has 3 aliphatic rings. The van der Waals surface area contributed by atoms with Crippen LogP contribution in [0.5, 0.6) is 5.88 Å². The van der Waals surface area contributed by atoms with Gasteiger partial charge in [-0.1, -0.05) is 19.4 Å². The molecule has 0 aliphatic heterocycles. The summed E-state index contributed by atoms with van der Waals surface area (Å²) in [7, 11) is 1.60. The van der Waals surface area contributed by atoms with Crippen LogP contribution < -0.4 is 4.74 Å². The molecule has 1 aromatic rings. The standard InChI is InChI=1S/C16H21NO2/c1-10-8-16(18,13-7-12(10)15(13,2)3)11-5-6-14(19-4)17-9-11/h5-6,8-9,12-13,18H,7H2,1-4H3. The number of methoxy groups -OCH3 is 1. The molecule has 0 amide bonds. The van der Waals surface area contributed by atoms with E-state index in [9.17, 15) is 5.11 Å². The maximum Gasteiger partial charge on any atom is 0.212 e. The number of hydrogen-bond donors (Lipinski definition) is 1. The van der Waals surface area contributed by atoms with Crippen LogP contribution in [-0.4, -0.2) is 17.2 Å². The van der Waals surface area contributed by atoms with E-state index in [1.807, 2.05) is 18.2 Å². The second-order valence-electron chi connectivity index (χ2n) is 6.47. The lowest BCUT2D eigenvalue weighted by molar-refractivity contribution is -0.141. The summed E-state index contributed by atoms with van der Waals surface area (Å²) in [5, 5.41) is 11.2. The molecular weight excluding hydrogens is 238 g/mol. The van der Waals surface area contributed by atoms with Crippen LogP contribution in [0, 0.1) is 17.3 Å². The summed E-state index contributed by atoms with van der Waals surface area (Å²) in [6.45, 7) is 6.64. The van der Waals surface area contributed by atoms with E-state index in [0.29, 0.717) is 11.8 Å². The molecule has 102 valence electrons. The van der Waals surface area contributed by atoms with Gasteiger partial charge in [0.25, 0.3) is 0 Å². The zero-order valence-electron chi connectivity index (χ0n) is 12.0. The Kier molecular flexibility index (Phi) is 2.55. The second kappa shape index (κ2) is 3.83. The summed E-state index contributed by atoms with van der Waals surface area (Å²) in [6, 6.07) is 3.73. The molecule has 3 unspecified atom stereocenters. The molecule has 19 heavy (non-hydrogen) atoms. The summed E-state index contributed by atoms with van der Waals surface area (Å²) in [5.74, 6) is 1.46. The van der Waals surface area contributed by atoms with Gasteiger partial charge in [0.1, 0.15) is 5.60 Å². The first-order valence-corrected chi connectivity index (χ1v) is 6.82. The van der Waals surface area contributed by atoms with Crippen LogP contribution in [-0.2, 0) is 5.60 Å². The molecule has 0 radical (unpaired) electrons. The number of aliphatic hydroxyl groups is 1. The Morgan fingerprint density at radius 1 is 1.37 bits per heavy atom. The number of nitrogens with zero attached hydrogens (tertiary/aromatic N) is 1. The molecule has 1 saturated carbocycles. The average molecular weight is 259 g/mol. The van der Waals surface area contributed by atoms with Crippen LogP contribution in [0.1, 0.15) is 32.8 Å². The number of allylic oxidation sites excluding steroid dienone is 1. The molecule has 3 atom stereocenters. The molecule has 1 heterocycles. The van der Waals surface area contributed by atoms with Crippen molar-refractivity contribution in [3.05, 3.63) is 35.5 Å². The third-order valence-corrected chi connectivity index (χ3v) is 5.20. The topological polar surface area (TPSA) is 42.4 Å². The van der Waals surface area contributed by atoms with Crippen LogP contribution in [0.3, 0.4) is 0 Å². The van der Waals surface area contributed by atoms with Gasteiger partial charge < -0.3 is 9.84 Å². The Labute approximate surface area is 114 Å². The highest BCUT2D eigenvalue weighted by Gasteiger charge is 2.60. The summed E-state index contributed by atoms with van der Waals surface area (Å²) in [6.07, 6.45) is 4.83. The Morgan fingerprint density at radius 3 is 2.58 bits per heavy atom. The smallest absolute Gasteiger partial charge is 0.212 e. The third-order valence-electron chi connectivity index (χ3n) is 5.20. The third kappa shape index (κ3) is 1.57. The molecule has 1 N–H and O–H groups in total. The van der Waals surface area contributed by atoms with Crippen molar-refractivity contribution in [2.45, 2.75) is 32.8 Å². The van der Waals surface area contributed by atoms with Crippen molar-refractivity contribution in [3.63, 3.8) is 0 Å². The number of ether oxygens (including phenoxy) is 1. The van der Waals surface area contributed by atoms with Gasteiger partial charge in [0, 0.05) is 23.7 Å². The lowest BCUT2D eigenvalue weighted by Gasteiger charge is -2.62. The first-order valence-electron chi connectivity index (χ1n) is 6.82. The van der Waals surface area contributed by atoms with Crippen LogP contribution in [0.2, 0.25) is 0 Å². The fourth-order valence-corrected chi connectivity index (χ4v) is 4.02. The van der Waals surface area contributed by atoms with Crippen molar-refractivity contribution < 1.29 is 9.84 Å². The number of hydrogen-bond acceptors (Lipinski definition) is 3. The lowest BCUT2D eigenvalue weighted by atomic mass is 9.44. The van der Waals surface area contributed by atoms with Gasteiger partial charge in [-0.05, 0) is 36.8 Å². The number of aromatic nitrogens is 1. The maximum absolute atomic E-state index is 11.2. The first-order chi connectivity index (χ1) is 8.89. The minimum Gasteiger partial charge on any atom is -0.481 e. The van der Waals surface area contributed by atoms with Crippen molar-refractivity contribution in [2.75, 3.05) is 7.11 Å². The van der Waals surface area contributed by atoms with Crippen LogP contribution in [0.15, 0.2) is 30.0 Å². The highest BCUT2D eigenvalue weighted by Crippen LogP contribution is 2.64. The van der Waals surface area contributed by atoms with E-state index in [1.54, 1.807) is 13.3 Å². The van der Waals surface area contributed by atoms with Crippen LogP contribution in [0.25, 0.3) is 0 Å². The van der Waals surface area contributed by atoms with Gasteiger partial charge in [0.2, 0.25) is 5.88 Å². The SMILES string of the molecule is COc1ccc(C2(O)C=C(C)C3CC2C3(C)C)cn1. The normalized spacial score (nSPS) is 35.3. The first kappa shape index (κ1) is 12.7. The lowest BCUT2D eigenvalue weighted by Crippen LogP contribution is -2.58. The predicted octanol–water partition coefficient (Wildman–Crippen LogP) is 2.90. The summed E-state index contributed by atoms with van der Waals surface area (Å²) >= 11 is 0. The van der Waals surface area contributed by atoms with Crippen molar-refractivity contribution in [3.8, 4) is 5.88 Å². The zero-order valence-corrected chi connectivity index (χ0v) is 12.0. The van der Waals surface area contributed by atoms with Gasteiger partial charge in [-0.2, -0.15) is 0 Å². The highest BCUT2D eigenvalue weighted by atomic mass is 16.5. The van der Waals surface area contributed by atoms with Gasteiger partial charge in [-0.25, -0.2) is 4.98 Å². The van der Waals surface area contributed by atoms with Crippen LogP contribution >= 0.6 is 0 Å². The summed E-state index contributed by atoms with van der Waals surface area (Å²) in [5.41, 5.74) is 1.43. The Morgan fingerprint density at radius 2 is 2.11 bits per heavy atom. The minimum absolute atomic E-state index is 0.160. The molecular formula is C16H21NO2. The van der Waals surface area contributed by atoms with E-state index < -0.39 is 5.60 Å². The Bertz CT molecular complexity index is 532. The Balaban J connectivity index is 2.05. The van der Waals surface area contributed by atoms with Gasteiger partial charge in [-0.3, -0.25) is 0 Å². The van der Waals surface area contributed by atoms with Crippen molar-refractivity contribution >= 4 is 0 Å².